The second kappa shape index (κ2) is 7.46. The summed E-state index contributed by atoms with van der Waals surface area (Å²) >= 11 is 7.34. The van der Waals surface area contributed by atoms with E-state index < -0.39 is 0 Å². The highest BCUT2D eigenvalue weighted by Crippen LogP contribution is 2.26. The van der Waals surface area contributed by atoms with Crippen molar-refractivity contribution in [3.05, 3.63) is 82.4 Å². The molecular formula is C20H17ClFNOS. The number of rotatable bonds is 5. The first kappa shape index (κ1) is 17.8. The van der Waals surface area contributed by atoms with E-state index in [4.69, 9.17) is 11.6 Å². The lowest BCUT2D eigenvalue weighted by Gasteiger charge is -2.10. The van der Waals surface area contributed by atoms with E-state index in [1.54, 1.807) is 34.9 Å². The van der Waals surface area contributed by atoms with Crippen LogP contribution in [0.2, 0.25) is 5.02 Å². The van der Waals surface area contributed by atoms with Gasteiger partial charge in [-0.05, 0) is 56.3 Å². The van der Waals surface area contributed by atoms with Crippen LogP contribution in [-0.4, -0.2) is 16.1 Å². The van der Waals surface area contributed by atoms with E-state index in [1.165, 1.54) is 17.8 Å². The summed E-state index contributed by atoms with van der Waals surface area (Å²) in [7, 11) is 0. The Labute approximate surface area is 155 Å². The minimum Gasteiger partial charge on any atom is -0.315 e. The van der Waals surface area contributed by atoms with Crippen LogP contribution in [0, 0.1) is 19.7 Å². The number of benzene rings is 2. The molecule has 0 fully saturated rings. The van der Waals surface area contributed by atoms with E-state index in [-0.39, 0.29) is 11.6 Å². The average molecular weight is 374 g/mol. The molecule has 0 aliphatic carbocycles. The molecule has 0 amide bonds. The SMILES string of the molecule is Cc1cc(C(=O)CSc2ccc(Cl)cc2)c(C)n1-c1ccccc1F. The second-order valence-corrected chi connectivity index (χ2v) is 7.22. The van der Waals surface area contributed by atoms with Gasteiger partial charge in [-0.15, -0.1) is 11.8 Å². The molecule has 0 N–H and O–H groups in total. The Morgan fingerprint density at radius 2 is 1.80 bits per heavy atom. The van der Waals surface area contributed by atoms with Crippen molar-refractivity contribution >= 4 is 29.1 Å². The molecule has 0 spiro atoms. The van der Waals surface area contributed by atoms with Crippen LogP contribution >= 0.6 is 23.4 Å². The zero-order valence-electron chi connectivity index (χ0n) is 13.9. The van der Waals surface area contributed by atoms with Crippen molar-refractivity contribution in [3.8, 4) is 5.69 Å². The quantitative estimate of drug-likeness (QED) is 0.412. The molecule has 0 aliphatic rings. The average Bonchev–Trinajstić information content (AvgIpc) is 2.89. The molecule has 3 rings (SSSR count). The summed E-state index contributed by atoms with van der Waals surface area (Å²) < 4.78 is 15.9. The number of ketones is 1. The Balaban J connectivity index is 1.83. The summed E-state index contributed by atoms with van der Waals surface area (Å²) in [5, 5.41) is 0.670. The molecule has 2 aromatic carbocycles. The molecule has 0 radical (unpaired) electrons. The van der Waals surface area contributed by atoms with Crippen LogP contribution in [0.5, 0.6) is 0 Å². The van der Waals surface area contributed by atoms with Crippen molar-refractivity contribution in [2.75, 3.05) is 5.75 Å². The highest BCUT2D eigenvalue weighted by atomic mass is 35.5. The maximum atomic E-state index is 14.1. The minimum absolute atomic E-state index is 0.0237. The van der Waals surface area contributed by atoms with Crippen LogP contribution in [-0.2, 0) is 0 Å². The number of Topliss-reactive ketones (excluding diaryl/α,β-unsaturated/α-hetero) is 1. The van der Waals surface area contributed by atoms with E-state index in [1.807, 2.05) is 32.0 Å². The lowest BCUT2D eigenvalue weighted by Crippen LogP contribution is -2.06. The van der Waals surface area contributed by atoms with Gasteiger partial charge < -0.3 is 4.57 Å². The predicted molar refractivity (Wildman–Crippen MR) is 102 cm³/mol. The zero-order valence-corrected chi connectivity index (χ0v) is 15.5. The van der Waals surface area contributed by atoms with Gasteiger partial charge in [0.25, 0.3) is 0 Å². The van der Waals surface area contributed by atoms with Crippen molar-refractivity contribution in [1.29, 1.82) is 0 Å². The van der Waals surface area contributed by atoms with Crippen LogP contribution in [0.15, 0.2) is 59.5 Å². The first-order valence-electron chi connectivity index (χ1n) is 7.83. The molecule has 1 aromatic heterocycles. The lowest BCUT2D eigenvalue weighted by molar-refractivity contribution is 0.102. The third-order valence-electron chi connectivity index (χ3n) is 4.01. The number of thioether (sulfide) groups is 1. The Kier molecular flexibility index (Phi) is 5.30. The number of carbonyl (C=O) groups excluding carboxylic acids is 1. The van der Waals surface area contributed by atoms with Crippen LogP contribution in [0.1, 0.15) is 21.7 Å². The number of carbonyl (C=O) groups is 1. The lowest BCUT2D eigenvalue weighted by atomic mass is 10.2. The highest BCUT2D eigenvalue weighted by molar-refractivity contribution is 8.00. The Bertz CT molecular complexity index is 918. The molecular weight excluding hydrogens is 357 g/mol. The summed E-state index contributed by atoms with van der Waals surface area (Å²) in [6.07, 6.45) is 0. The maximum Gasteiger partial charge on any atom is 0.174 e. The van der Waals surface area contributed by atoms with Crippen molar-refractivity contribution in [1.82, 2.24) is 4.57 Å². The molecule has 0 bridgehead atoms. The third-order valence-corrected chi connectivity index (χ3v) is 5.27. The molecule has 0 saturated heterocycles. The summed E-state index contributed by atoms with van der Waals surface area (Å²) in [5.41, 5.74) is 2.68. The van der Waals surface area contributed by atoms with Gasteiger partial charge in [-0.25, -0.2) is 4.39 Å². The van der Waals surface area contributed by atoms with Gasteiger partial charge in [-0.1, -0.05) is 23.7 Å². The second-order valence-electron chi connectivity index (χ2n) is 5.74. The molecule has 3 aromatic rings. The number of nitrogens with zero attached hydrogens (tertiary/aromatic N) is 1. The van der Waals surface area contributed by atoms with E-state index in [9.17, 15) is 9.18 Å². The van der Waals surface area contributed by atoms with E-state index in [2.05, 4.69) is 0 Å². The third kappa shape index (κ3) is 3.80. The van der Waals surface area contributed by atoms with Crippen LogP contribution in [0.3, 0.4) is 0 Å². The molecule has 25 heavy (non-hydrogen) atoms. The molecule has 128 valence electrons. The van der Waals surface area contributed by atoms with Gasteiger partial charge in [-0.2, -0.15) is 0 Å². The normalized spacial score (nSPS) is 10.9. The van der Waals surface area contributed by atoms with Crippen LogP contribution in [0.25, 0.3) is 5.69 Å². The Hall–Kier alpha value is -2.04. The first-order chi connectivity index (χ1) is 12.0. The number of aryl methyl sites for hydroxylation is 1. The minimum atomic E-state index is -0.307. The number of hydrogen-bond acceptors (Lipinski definition) is 2. The van der Waals surface area contributed by atoms with Gasteiger partial charge in [0.05, 0.1) is 11.4 Å². The van der Waals surface area contributed by atoms with Crippen LogP contribution < -0.4 is 0 Å². The highest BCUT2D eigenvalue weighted by Gasteiger charge is 2.18. The van der Waals surface area contributed by atoms with Gasteiger partial charge in [0.2, 0.25) is 0 Å². The summed E-state index contributed by atoms with van der Waals surface area (Å²) in [4.78, 5) is 13.6. The Morgan fingerprint density at radius 1 is 1.12 bits per heavy atom. The number of hydrogen-bond donors (Lipinski definition) is 0. The monoisotopic (exact) mass is 373 g/mol. The number of aromatic nitrogens is 1. The van der Waals surface area contributed by atoms with Crippen molar-refractivity contribution in [3.63, 3.8) is 0 Å². The first-order valence-corrected chi connectivity index (χ1v) is 9.19. The van der Waals surface area contributed by atoms with E-state index in [0.717, 1.165) is 16.3 Å². The van der Waals surface area contributed by atoms with Crippen molar-refractivity contribution in [2.24, 2.45) is 0 Å². The van der Waals surface area contributed by atoms with Gasteiger partial charge in [-0.3, -0.25) is 4.79 Å². The van der Waals surface area contributed by atoms with Gasteiger partial charge >= 0.3 is 0 Å². The fourth-order valence-corrected chi connectivity index (χ4v) is 3.71. The van der Waals surface area contributed by atoms with Crippen LogP contribution in [0.4, 0.5) is 4.39 Å². The largest absolute Gasteiger partial charge is 0.315 e. The number of halogens is 2. The van der Waals surface area contributed by atoms with Crippen molar-refractivity contribution < 1.29 is 9.18 Å². The number of para-hydroxylation sites is 1. The smallest absolute Gasteiger partial charge is 0.174 e. The van der Waals surface area contributed by atoms with E-state index in [0.29, 0.717) is 22.0 Å². The molecule has 0 saturated carbocycles. The predicted octanol–water partition coefficient (Wildman–Crippen LogP) is 5.86. The van der Waals surface area contributed by atoms with Gasteiger partial charge in [0, 0.05) is 26.9 Å². The fraction of sp³-hybridized carbons (Fsp3) is 0.150. The Morgan fingerprint density at radius 3 is 2.48 bits per heavy atom. The maximum absolute atomic E-state index is 14.1. The molecule has 2 nitrogen and oxygen atoms in total. The molecule has 0 aliphatic heterocycles. The molecule has 5 heteroatoms. The summed E-state index contributed by atoms with van der Waals surface area (Å²) in [6.45, 7) is 3.72. The molecule has 0 unspecified atom stereocenters. The van der Waals surface area contributed by atoms with Gasteiger partial charge in [0.15, 0.2) is 5.78 Å². The topological polar surface area (TPSA) is 22.0 Å². The van der Waals surface area contributed by atoms with Gasteiger partial charge in [0.1, 0.15) is 5.82 Å². The molecule has 1 heterocycles. The standard InChI is InChI=1S/C20H17ClFNOS/c1-13-11-17(14(2)23(13)19-6-4-3-5-18(19)22)20(24)12-25-16-9-7-15(21)8-10-16/h3-11H,12H2,1-2H3. The van der Waals surface area contributed by atoms with E-state index >= 15 is 0 Å². The summed E-state index contributed by atoms with van der Waals surface area (Å²) in [6, 6.07) is 15.8. The fourth-order valence-electron chi connectivity index (χ4n) is 2.81. The zero-order chi connectivity index (χ0) is 18.0. The summed E-state index contributed by atoms with van der Waals surface area (Å²) in [5.74, 6) is 0.0397. The van der Waals surface area contributed by atoms with Crippen molar-refractivity contribution in [2.45, 2.75) is 18.7 Å². The molecule has 0 atom stereocenters.